The normalized spacial score (nSPS) is 17.5. The van der Waals surface area contributed by atoms with Crippen molar-refractivity contribution in [1.82, 2.24) is 28.9 Å². The fourth-order valence-electron chi connectivity index (χ4n) is 4.86. The van der Waals surface area contributed by atoms with Gasteiger partial charge in [0, 0.05) is 35.6 Å². The number of hydrogen-bond acceptors (Lipinski definition) is 7. The van der Waals surface area contributed by atoms with Gasteiger partial charge in [0.1, 0.15) is 11.4 Å². The molecule has 1 aliphatic heterocycles. The number of amides is 1. The Morgan fingerprint density at radius 1 is 1.20 bits per heavy atom. The van der Waals surface area contributed by atoms with Gasteiger partial charge in [-0.2, -0.15) is 5.10 Å². The van der Waals surface area contributed by atoms with Crippen LogP contribution in [0.2, 0.25) is 0 Å². The third kappa shape index (κ3) is 6.99. The maximum Gasteiger partial charge on any atom is 0.309 e. The van der Waals surface area contributed by atoms with E-state index in [1.807, 2.05) is 55.5 Å². The van der Waals surface area contributed by atoms with Gasteiger partial charge in [-0.25, -0.2) is 13.8 Å². The van der Waals surface area contributed by atoms with Crippen molar-refractivity contribution >= 4 is 48.3 Å². The van der Waals surface area contributed by atoms with Crippen LogP contribution in [0.3, 0.4) is 0 Å². The molecule has 1 aliphatic rings. The largest absolute Gasteiger partial charge is 0.342 e. The van der Waals surface area contributed by atoms with Crippen LogP contribution in [0.1, 0.15) is 28.8 Å². The van der Waals surface area contributed by atoms with Crippen molar-refractivity contribution in [2.75, 3.05) is 18.4 Å². The van der Waals surface area contributed by atoms with Crippen LogP contribution in [0.4, 0.5) is 5.69 Å². The predicted octanol–water partition coefficient (Wildman–Crippen LogP) is 4.42. The van der Waals surface area contributed by atoms with E-state index in [2.05, 4.69) is 60.2 Å². The van der Waals surface area contributed by atoms with E-state index in [4.69, 9.17) is 0 Å². The van der Waals surface area contributed by atoms with Crippen molar-refractivity contribution in [1.29, 1.82) is 0 Å². The van der Waals surface area contributed by atoms with E-state index in [0.717, 1.165) is 36.3 Å². The lowest BCUT2D eigenvalue weighted by Crippen LogP contribution is -2.42. The molecular formula is C31H33N8OS+. The van der Waals surface area contributed by atoms with Crippen LogP contribution in [0.5, 0.6) is 0 Å². The summed E-state index contributed by atoms with van der Waals surface area (Å²) in [6.07, 6.45) is 8.53. The molecule has 0 aliphatic carbocycles. The van der Waals surface area contributed by atoms with Gasteiger partial charge >= 0.3 is 5.71 Å². The molecule has 41 heavy (non-hydrogen) atoms. The van der Waals surface area contributed by atoms with Gasteiger partial charge in [0.05, 0.1) is 24.7 Å². The van der Waals surface area contributed by atoms with Gasteiger partial charge in [-0.1, -0.05) is 35.9 Å². The standard InChI is InChI=1S/C31H32N8OS/c1-22-10-12-24(13-11-22)36-29(37-31(40)27-21-35-38-16-7-15-34-30(27)38)19-28(33-3)23-14-17-39(25(18-23)20-32-2)41-26-8-5-4-6-9-26/h4-13,15-16,19,21,23,25H,2-3,14,17-18,20H2,1H3,(H,36,37,40)/p+1. The zero-order valence-corrected chi connectivity index (χ0v) is 23.8. The number of benzene rings is 2. The number of anilines is 1. The van der Waals surface area contributed by atoms with E-state index >= 15 is 0 Å². The fourth-order valence-corrected chi connectivity index (χ4v) is 5.91. The van der Waals surface area contributed by atoms with Crippen molar-refractivity contribution in [3.8, 4) is 0 Å². The summed E-state index contributed by atoms with van der Waals surface area (Å²) in [5.74, 6) is 0.309. The smallest absolute Gasteiger partial charge is 0.309 e. The number of piperidine rings is 1. The Morgan fingerprint density at radius 2 is 2.00 bits per heavy atom. The number of nitrogens with one attached hydrogen (secondary N) is 2. The molecule has 5 rings (SSSR count). The van der Waals surface area contributed by atoms with Crippen LogP contribution >= 0.6 is 11.9 Å². The molecule has 0 saturated carbocycles. The Labute approximate surface area is 244 Å². The first-order valence-electron chi connectivity index (χ1n) is 13.4. The van der Waals surface area contributed by atoms with Crippen molar-refractivity contribution in [3.05, 3.63) is 102 Å². The highest BCUT2D eigenvalue weighted by Crippen LogP contribution is 2.33. The molecule has 2 aromatic carbocycles. The summed E-state index contributed by atoms with van der Waals surface area (Å²) in [7, 11) is 0. The molecule has 1 amide bonds. The molecule has 208 valence electrons. The number of rotatable bonds is 10. The summed E-state index contributed by atoms with van der Waals surface area (Å²) in [4.78, 5) is 23.2. The third-order valence-electron chi connectivity index (χ3n) is 6.96. The molecule has 4 aromatic rings. The van der Waals surface area contributed by atoms with Gasteiger partial charge in [-0.3, -0.25) is 9.79 Å². The van der Waals surface area contributed by atoms with Gasteiger partial charge in [0.2, 0.25) is 0 Å². The summed E-state index contributed by atoms with van der Waals surface area (Å²) in [6.45, 7) is 11.2. The van der Waals surface area contributed by atoms with E-state index in [0.29, 0.717) is 23.6 Å². The van der Waals surface area contributed by atoms with Gasteiger partial charge in [-0.05, 0) is 68.8 Å². The van der Waals surface area contributed by atoms with Crippen molar-refractivity contribution < 1.29 is 4.79 Å². The average Bonchev–Trinajstić information content (AvgIpc) is 3.43. The molecule has 0 radical (unpaired) electrons. The van der Waals surface area contributed by atoms with Gasteiger partial charge < -0.3 is 10.6 Å². The highest BCUT2D eigenvalue weighted by Gasteiger charge is 2.35. The Bertz CT molecular complexity index is 1590. The van der Waals surface area contributed by atoms with Crippen LogP contribution < -0.4 is 15.3 Å². The number of carbonyl (C=O) groups is 1. The Hall–Kier alpha value is -4.50. The number of carbonyl (C=O) groups excluding carboxylic acids is 1. The second-order valence-corrected chi connectivity index (χ2v) is 11.0. The number of aryl methyl sites for hydroxylation is 1. The molecule has 2 unspecified atom stereocenters. The molecule has 1 fully saturated rings. The summed E-state index contributed by atoms with van der Waals surface area (Å²) < 4.78 is 8.39. The molecule has 10 heteroatoms. The highest BCUT2D eigenvalue weighted by molar-refractivity contribution is 7.97. The number of aliphatic imine (C=N–C) groups is 1. The first kappa shape index (κ1) is 28.0. The maximum atomic E-state index is 13.4. The SMILES string of the molecule is C=NCC1CC(C(C=C(NC(=O)c2cnn3cccnc23)Nc2ccc(C)cc2)=[N+]=C)CCN1Sc1ccccc1. The minimum atomic E-state index is -0.323. The minimum absolute atomic E-state index is 0.136. The summed E-state index contributed by atoms with van der Waals surface area (Å²) >= 11 is 1.75. The van der Waals surface area contributed by atoms with E-state index in [-0.39, 0.29) is 17.9 Å². The number of hydrogen-bond donors (Lipinski definition) is 2. The van der Waals surface area contributed by atoms with Crippen LogP contribution in [0.15, 0.2) is 101 Å². The van der Waals surface area contributed by atoms with Crippen LogP contribution in [0.25, 0.3) is 5.65 Å². The van der Waals surface area contributed by atoms with Crippen molar-refractivity contribution in [2.24, 2.45) is 10.9 Å². The van der Waals surface area contributed by atoms with E-state index in [9.17, 15) is 4.79 Å². The summed E-state index contributed by atoms with van der Waals surface area (Å²) in [5.41, 5.74) is 3.64. The molecule has 3 heterocycles. The Kier molecular flexibility index (Phi) is 9.05. The predicted molar refractivity (Wildman–Crippen MR) is 168 cm³/mol. The van der Waals surface area contributed by atoms with E-state index in [1.54, 1.807) is 34.9 Å². The second-order valence-electron chi connectivity index (χ2n) is 9.86. The average molecular weight is 566 g/mol. The zero-order chi connectivity index (χ0) is 28.6. The molecule has 1 saturated heterocycles. The first-order chi connectivity index (χ1) is 20.0. The van der Waals surface area contributed by atoms with E-state index < -0.39 is 0 Å². The molecule has 2 N–H and O–H groups in total. The monoisotopic (exact) mass is 565 g/mol. The second kappa shape index (κ2) is 13.2. The van der Waals surface area contributed by atoms with Crippen molar-refractivity contribution in [2.45, 2.75) is 30.7 Å². The summed E-state index contributed by atoms with van der Waals surface area (Å²) in [5, 5.41) is 10.6. The fraction of sp³-hybridized carbons (Fsp3) is 0.226. The van der Waals surface area contributed by atoms with Gasteiger partial charge in [0.25, 0.3) is 12.6 Å². The lowest BCUT2D eigenvalue weighted by molar-refractivity contribution is 0.0967. The summed E-state index contributed by atoms with van der Waals surface area (Å²) in [6, 6.07) is 20.3. The topological polar surface area (TPSA) is 101 Å². The molecule has 0 spiro atoms. The van der Waals surface area contributed by atoms with E-state index in [1.165, 1.54) is 11.1 Å². The maximum absolute atomic E-state index is 13.4. The highest BCUT2D eigenvalue weighted by atomic mass is 32.2. The number of aromatic nitrogens is 3. The quantitative estimate of drug-likeness (QED) is 0.168. The Balaban J connectivity index is 1.38. The number of nitrogens with zero attached hydrogens (tertiary/aromatic N) is 6. The lowest BCUT2D eigenvalue weighted by atomic mass is 9.88. The van der Waals surface area contributed by atoms with Crippen LogP contribution in [-0.2, 0) is 0 Å². The minimum Gasteiger partial charge on any atom is -0.342 e. The van der Waals surface area contributed by atoms with Crippen molar-refractivity contribution in [3.63, 3.8) is 0 Å². The van der Waals surface area contributed by atoms with Gasteiger partial charge in [0.15, 0.2) is 5.65 Å². The molecule has 0 bridgehead atoms. The third-order valence-corrected chi connectivity index (χ3v) is 8.16. The lowest BCUT2D eigenvalue weighted by Gasteiger charge is -2.36. The number of allylic oxidation sites excluding steroid dienone is 1. The van der Waals surface area contributed by atoms with Crippen LogP contribution in [-0.4, -0.2) is 63.1 Å². The van der Waals surface area contributed by atoms with Gasteiger partial charge in [-0.15, -0.1) is 4.67 Å². The molecule has 9 nitrogen and oxygen atoms in total. The first-order valence-corrected chi connectivity index (χ1v) is 14.2. The Morgan fingerprint density at radius 3 is 2.76 bits per heavy atom. The zero-order valence-electron chi connectivity index (χ0n) is 23.0. The molecule has 2 aromatic heterocycles. The molecule has 2 atom stereocenters. The number of fused-ring (bicyclic) bond motifs is 1. The van der Waals surface area contributed by atoms with Crippen LogP contribution in [0, 0.1) is 12.8 Å². The molecular weight excluding hydrogens is 532 g/mol.